The highest BCUT2D eigenvalue weighted by atomic mass is 16.2. The molecule has 0 aromatic heterocycles. The number of amides is 3. The van der Waals surface area contributed by atoms with E-state index in [4.69, 9.17) is 0 Å². The third-order valence-corrected chi connectivity index (χ3v) is 5.72. The summed E-state index contributed by atoms with van der Waals surface area (Å²) in [5.74, 6) is -0.583. The van der Waals surface area contributed by atoms with E-state index in [1.807, 2.05) is 24.3 Å². The molecule has 130 valence electrons. The summed E-state index contributed by atoms with van der Waals surface area (Å²) >= 11 is 0. The van der Waals surface area contributed by atoms with Crippen LogP contribution in [0.25, 0.3) is 0 Å². The number of imide groups is 1. The van der Waals surface area contributed by atoms with Crippen molar-refractivity contribution in [2.75, 3.05) is 11.9 Å². The van der Waals surface area contributed by atoms with E-state index in [0.717, 1.165) is 22.6 Å². The zero-order chi connectivity index (χ0) is 17.7. The molecule has 4 atom stereocenters. The van der Waals surface area contributed by atoms with Gasteiger partial charge in [-0.2, -0.15) is 0 Å². The van der Waals surface area contributed by atoms with Gasteiger partial charge in [-0.3, -0.25) is 19.3 Å². The molecule has 5 nitrogen and oxygen atoms in total. The normalized spacial score (nSPS) is 29.6. The molecule has 5 heteroatoms. The average molecular weight is 338 g/mol. The van der Waals surface area contributed by atoms with Crippen LogP contribution in [0.1, 0.15) is 31.7 Å². The van der Waals surface area contributed by atoms with Crippen LogP contribution in [0.15, 0.2) is 36.4 Å². The predicted octanol–water partition coefficient (Wildman–Crippen LogP) is 2.56. The van der Waals surface area contributed by atoms with Crippen molar-refractivity contribution >= 4 is 23.4 Å². The lowest BCUT2D eigenvalue weighted by molar-refractivity contribution is -0.143. The summed E-state index contributed by atoms with van der Waals surface area (Å²) in [7, 11) is 0. The fourth-order valence-corrected chi connectivity index (χ4v) is 4.57. The Kier molecular flexibility index (Phi) is 3.74. The van der Waals surface area contributed by atoms with E-state index in [-0.39, 0.29) is 53.9 Å². The van der Waals surface area contributed by atoms with Crippen LogP contribution < -0.4 is 5.32 Å². The first kappa shape index (κ1) is 16.1. The van der Waals surface area contributed by atoms with Gasteiger partial charge < -0.3 is 5.32 Å². The minimum absolute atomic E-state index is 0.168. The number of nitrogens with zero attached hydrogens (tertiary/aromatic N) is 1. The molecule has 2 aliphatic carbocycles. The fourth-order valence-electron chi connectivity index (χ4n) is 4.57. The number of fused-ring (bicyclic) bond motifs is 5. The topological polar surface area (TPSA) is 66.5 Å². The number of carbonyl (C=O) groups is 3. The quantitative estimate of drug-likeness (QED) is 0.678. The Labute approximate surface area is 147 Å². The van der Waals surface area contributed by atoms with Gasteiger partial charge in [-0.05, 0) is 35.8 Å². The number of allylic oxidation sites excluding steroid dienone is 2. The highest BCUT2D eigenvalue weighted by Crippen LogP contribution is 2.52. The molecule has 25 heavy (non-hydrogen) atoms. The fraction of sp³-hybridized carbons (Fsp3) is 0.450. The van der Waals surface area contributed by atoms with Gasteiger partial charge in [0, 0.05) is 5.69 Å². The standard InChI is InChI=1S/C20H22N2O3/c1-11(2)14-5-3-4-6-15(14)21-16(23)10-22-19(24)17-12-7-8-13(9-12)18(17)20(22)25/h3-8,11-13,17-18H,9-10H2,1-2H3,(H,21,23). The van der Waals surface area contributed by atoms with E-state index in [1.165, 1.54) is 0 Å². The van der Waals surface area contributed by atoms with Crippen molar-refractivity contribution in [2.24, 2.45) is 23.7 Å². The second kappa shape index (κ2) is 5.83. The van der Waals surface area contributed by atoms with Crippen LogP contribution in [0.4, 0.5) is 5.69 Å². The summed E-state index contributed by atoms with van der Waals surface area (Å²) in [5, 5.41) is 2.86. The maximum Gasteiger partial charge on any atom is 0.244 e. The molecular formula is C20H22N2O3. The van der Waals surface area contributed by atoms with Gasteiger partial charge in [-0.25, -0.2) is 0 Å². The first-order chi connectivity index (χ1) is 12.0. The molecule has 1 aromatic rings. The van der Waals surface area contributed by atoms with Crippen LogP contribution in [0.3, 0.4) is 0 Å². The smallest absolute Gasteiger partial charge is 0.244 e. The second-order valence-electron chi connectivity index (χ2n) is 7.55. The number of para-hydroxylation sites is 1. The van der Waals surface area contributed by atoms with Gasteiger partial charge >= 0.3 is 0 Å². The summed E-state index contributed by atoms with van der Waals surface area (Å²) in [5.41, 5.74) is 1.78. The van der Waals surface area contributed by atoms with Crippen LogP contribution in [0.2, 0.25) is 0 Å². The Morgan fingerprint density at radius 1 is 1.12 bits per heavy atom. The third kappa shape index (κ3) is 2.49. The zero-order valence-corrected chi connectivity index (χ0v) is 14.4. The van der Waals surface area contributed by atoms with Crippen LogP contribution in [-0.4, -0.2) is 29.2 Å². The van der Waals surface area contributed by atoms with Crippen molar-refractivity contribution in [1.82, 2.24) is 4.90 Å². The van der Waals surface area contributed by atoms with Gasteiger partial charge in [0.2, 0.25) is 17.7 Å². The Bertz CT molecular complexity index is 753. The molecule has 0 radical (unpaired) electrons. The maximum absolute atomic E-state index is 12.6. The SMILES string of the molecule is CC(C)c1ccccc1NC(=O)CN1C(=O)C2C3C=CC(C3)C2C1=O. The number of benzene rings is 1. The Morgan fingerprint density at radius 2 is 1.72 bits per heavy atom. The molecule has 0 spiro atoms. The zero-order valence-electron chi connectivity index (χ0n) is 14.4. The summed E-state index contributed by atoms with van der Waals surface area (Å²) < 4.78 is 0. The third-order valence-electron chi connectivity index (χ3n) is 5.72. The number of anilines is 1. The van der Waals surface area contributed by atoms with Gasteiger partial charge in [0.25, 0.3) is 0 Å². The van der Waals surface area contributed by atoms with Crippen LogP contribution in [0, 0.1) is 23.7 Å². The van der Waals surface area contributed by atoms with E-state index in [2.05, 4.69) is 31.3 Å². The minimum atomic E-state index is -0.324. The molecular weight excluding hydrogens is 316 g/mol. The second-order valence-corrected chi connectivity index (χ2v) is 7.55. The molecule has 1 saturated heterocycles. The van der Waals surface area contributed by atoms with Gasteiger partial charge in [0.1, 0.15) is 6.54 Å². The van der Waals surface area contributed by atoms with Crippen molar-refractivity contribution in [1.29, 1.82) is 0 Å². The molecule has 1 aliphatic heterocycles. The van der Waals surface area contributed by atoms with Crippen molar-refractivity contribution in [2.45, 2.75) is 26.2 Å². The van der Waals surface area contributed by atoms with Crippen molar-refractivity contribution < 1.29 is 14.4 Å². The Morgan fingerprint density at radius 3 is 2.32 bits per heavy atom. The molecule has 1 aromatic carbocycles. The Hall–Kier alpha value is -2.43. The first-order valence-electron chi connectivity index (χ1n) is 8.89. The highest BCUT2D eigenvalue weighted by molar-refractivity contribution is 6.09. The van der Waals surface area contributed by atoms with Crippen LogP contribution in [0.5, 0.6) is 0 Å². The average Bonchev–Trinajstić information content (AvgIpc) is 3.25. The molecule has 4 rings (SSSR count). The maximum atomic E-state index is 12.6. The van der Waals surface area contributed by atoms with Gasteiger partial charge in [0.05, 0.1) is 11.8 Å². The van der Waals surface area contributed by atoms with Crippen molar-refractivity contribution in [3.05, 3.63) is 42.0 Å². The largest absolute Gasteiger partial charge is 0.324 e. The lowest BCUT2D eigenvalue weighted by Gasteiger charge is -2.18. The monoisotopic (exact) mass is 338 g/mol. The number of likely N-dealkylation sites (tertiary alicyclic amines) is 1. The lowest BCUT2D eigenvalue weighted by Crippen LogP contribution is -2.39. The van der Waals surface area contributed by atoms with Crippen LogP contribution >= 0.6 is 0 Å². The van der Waals surface area contributed by atoms with E-state index in [1.54, 1.807) is 0 Å². The molecule has 3 aliphatic rings. The lowest BCUT2D eigenvalue weighted by atomic mass is 9.85. The van der Waals surface area contributed by atoms with E-state index >= 15 is 0 Å². The molecule has 3 amide bonds. The highest BCUT2D eigenvalue weighted by Gasteiger charge is 2.59. The first-order valence-corrected chi connectivity index (χ1v) is 8.89. The summed E-state index contributed by atoms with van der Waals surface area (Å²) in [6.45, 7) is 3.92. The Balaban J connectivity index is 1.47. The molecule has 2 bridgehead atoms. The van der Waals surface area contributed by atoms with E-state index < -0.39 is 0 Å². The number of nitrogens with one attached hydrogen (secondary N) is 1. The molecule has 1 N–H and O–H groups in total. The summed E-state index contributed by atoms with van der Waals surface area (Å²) in [6, 6.07) is 7.61. The summed E-state index contributed by atoms with van der Waals surface area (Å²) in [6.07, 6.45) is 5.01. The summed E-state index contributed by atoms with van der Waals surface area (Å²) in [4.78, 5) is 38.9. The van der Waals surface area contributed by atoms with Gasteiger partial charge in [-0.15, -0.1) is 0 Å². The molecule has 2 fully saturated rings. The predicted molar refractivity (Wildman–Crippen MR) is 93.6 cm³/mol. The van der Waals surface area contributed by atoms with Crippen molar-refractivity contribution in [3.8, 4) is 0 Å². The van der Waals surface area contributed by atoms with Gasteiger partial charge in [0.15, 0.2) is 0 Å². The van der Waals surface area contributed by atoms with Crippen LogP contribution in [-0.2, 0) is 14.4 Å². The number of hydrogen-bond acceptors (Lipinski definition) is 3. The molecule has 1 saturated carbocycles. The van der Waals surface area contributed by atoms with E-state index in [0.29, 0.717) is 0 Å². The molecule has 1 heterocycles. The number of hydrogen-bond donors (Lipinski definition) is 1. The van der Waals surface area contributed by atoms with E-state index in [9.17, 15) is 14.4 Å². The van der Waals surface area contributed by atoms with Crippen molar-refractivity contribution in [3.63, 3.8) is 0 Å². The number of rotatable bonds is 4. The minimum Gasteiger partial charge on any atom is -0.324 e. The van der Waals surface area contributed by atoms with Gasteiger partial charge in [-0.1, -0.05) is 44.2 Å². The molecule has 4 unspecified atom stereocenters. The number of carbonyl (C=O) groups excluding carboxylic acids is 3.